The molecule has 2 aromatic heterocycles. The number of aryl methyl sites for hydroxylation is 1. The maximum absolute atomic E-state index is 13.1. The number of carbonyl (C=O) groups excluding carboxylic acids is 2. The highest BCUT2D eigenvalue weighted by Gasteiger charge is 2.41. The number of hydrogen-bond acceptors (Lipinski definition) is 6. The molecule has 2 N–H and O–H groups in total. The van der Waals surface area contributed by atoms with E-state index in [1.165, 1.54) is 30.3 Å². The molecule has 13 heteroatoms. The summed E-state index contributed by atoms with van der Waals surface area (Å²) in [6.45, 7) is -0.301. The van der Waals surface area contributed by atoms with E-state index in [0.717, 1.165) is 4.68 Å². The Morgan fingerprint density at radius 3 is 2.77 bits per heavy atom. The molecule has 164 valence electrons. The number of pyridine rings is 1. The molecule has 4 heterocycles. The van der Waals surface area contributed by atoms with Crippen LogP contribution in [0.15, 0.2) is 29.2 Å². The second-order valence-corrected chi connectivity index (χ2v) is 7.20. The predicted octanol–water partition coefficient (Wildman–Crippen LogP) is 1.10. The Morgan fingerprint density at radius 1 is 1.26 bits per heavy atom. The summed E-state index contributed by atoms with van der Waals surface area (Å²) in [6.07, 6.45) is -2.56. The van der Waals surface area contributed by atoms with E-state index < -0.39 is 30.2 Å². The molecule has 0 saturated carbocycles. The SMILES string of the molecule is Cn1nccc(NC(=O)N2c3nc(C(=O)NCC(F)(F)F)ccc3N3CCC2C3)c1=O. The number of halogens is 3. The van der Waals surface area contributed by atoms with E-state index in [0.29, 0.717) is 25.2 Å². The second-order valence-electron chi connectivity index (χ2n) is 7.20. The molecule has 1 saturated heterocycles. The van der Waals surface area contributed by atoms with Gasteiger partial charge in [-0.15, -0.1) is 0 Å². The molecule has 2 aliphatic heterocycles. The number of anilines is 3. The van der Waals surface area contributed by atoms with Gasteiger partial charge < -0.3 is 15.5 Å². The Bertz CT molecular complexity index is 1100. The number of fused-ring (bicyclic) bond motifs is 4. The van der Waals surface area contributed by atoms with Crippen molar-refractivity contribution in [2.75, 3.05) is 34.8 Å². The maximum atomic E-state index is 13.1. The van der Waals surface area contributed by atoms with E-state index in [1.54, 1.807) is 11.4 Å². The standard InChI is InChI=1S/C18H18F3N7O3/c1-26-16(30)12(4-6-23-26)25-17(31)28-10-5-7-27(8-10)13-3-2-11(24-14(13)28)15(29)22-9-18(19,20)21/h2-4,6,10H,5,7-9H2,1H3,(H,22,29)(H,25,31). The van der Waals surface area contributed by atoms with Crippen LogP contribution in [0, 0.1) is 0 Å². The maximum Gasteiger partial charge on any atom is 0.405 e. The quantitative estimate of drug-likeness (QED) is 0.744. The smallest absolute Gasteiger partial charge is 0.366 e. The molecule has 2 aromatic rings. The number of aromatic nitrogens is 3. The number of amides is 3. The van der Waals surface area contributed by atoms with Crippen LogP contribution in [0.2, 0.25) is 0 Å². The zero-order valence-corrected chi connectivity index (χ0v) is 16.3. The second kappa shape index (κ2) is 7.56. The zero-order valence-electron chi connectivity index (χ0n) is 16.3. The fourth-order valence-electron chi connectivity index (χ4n) is 3.65. The lowest BCUT2D eigenvalue weighted by Gasteiger charge is -2.35. The van der Waals surface area contributed by atoms with Crippen molar-refractivity contribution < 1.29 is 22.8 Å². The fraction of sp³-hybridized carbons (Fsp3) is 0.389. The summed E-state index contributed by atoms with van der Waals surface area (Å²) in [6, 6.07) is 3.34. The van der Waals surface area contributed by atoms with Crippen molar-refractivity contribution in [1.82, 2.24) is 20.1 Å². The van der Waals surface area contributed by atoms with Crippen molar-refractivity contribution in [3.05, 3.63) is 40.4 Å². The molecule has 2 bridgehead atoms. The molecule has 3 amide bonds. The Morgan fingerprint density at radius 2 is 2.03 bits per heavy atom. The van der Waals surface area contributed by atoms with Crippen LogP contribution in [0.25, 0.3) is 0 Å². The van der Waals surface area contributed by atoms with Gasteiger partial charge in [-0.3, -0.25) is 14.5 Å². The van der Waals surface area contributed by atoms with Gasteiger partial charge in [0.05, 0.1) is 11.7 Å². The first-order chi connectivity index (χ1) is 14.6. The van der Waals surface area contributed by atoms with Gasteiger partial charge in [-0.05, 0) is 24.6 Å². The highest BCUT2D eigenvalue weighted by molar-refractivity contribution is 6.05. The Kier molecular flexibility index (Phi) is 5.03. The van der Waals surface area contributed by atoms with Crippen LogP contribution in [0.1, 0.15) is 16.9 Å². The topological polar surface area (TPSA) is 112 Å². The predicted molar refractivity (Wildman–Crippen MR) is 104 cm³/mol. The lowest BCUT2D eigenvalue weighted by molar-refractivity contribution is -0.123. The summed E-state index contributed by atoms with van der Waals surface area (Å²) in [5.74, 6) is -0.854. The molecule has 1 fully saturated rings. The van der Waals surface area contributed by atoms with Gasteiger partial charge in [0, 0.05) is 26.3 Å². The summed E-state index contributed by atoms with van der Waals surface area (Å²) in [5, 5.41) is 8.11. The summed E-state index contributed by atoms with van der Waals surface area (Å²) in [7, 11) is 1.44. The zero-order chi connectivity index (χ0) is 22.3. The number of carbonyl (C=O) groups is 2. The number of alkyl halides is 3. The summed E-state index contributed by atoms with van der Waals surface area (Å²) in [4.78, 5) is 44.9. The molecule has 0 radical (unpaired) electrons. The number of urea groups is 1. The van der Waals surface area contributed by atoms with Gasteiger partial charge in [0.2, 0.25) is 0 Å². The van der Waals surface area contributed by atoms with Crippen molar-refractivity contribution in [1.29, 1.82) is 0 Å². The van der Waals surface area contributed by atoms with Gasteiger partial charge in [-0.1, -0.05) is 0 Å². The average molecular weight is 437 g/mol. The first-order valence-electron chi connectivity index (χ1n) is 9.37. The van der Waals surface area contributed by atoms with Crippen LogP contribution >= 0.6 is 0 Å². The molecule has 31 heavy (non-hydrogen) atoms. The molecule has 1 atom stereocenters. The first-order valence-corrected chi connectivity index (χ1v) is 9.37. The minimum atomic E-state index is -4.56. The molecule has 0 aromatic carbocycles. The summed E-state index contributed by atoms with van der Waals surface area (Å²) in [5.41, 5.74) is -0.153. The summed E-state index contributed by atoms with van der Waals surface area (Å²) >= 11 is 0. The first kappa shape index (κ1) is 20.6. The van der Waals surface area contributed by atoms with Gasteiger partial charge in [0.25, 0.3) is 11.5 Å². The van der Waals surface area contributed by atoms with Gasteiger partial charge >= 0.3 is 12.2 Å². The van der Waals surface area contributed by atoms with Crippen molar-refractivity contribution in [2.45, 2.75) is 18.6 Å². The Labute approximate surface area is 173 Å². The Balaban J connectivity index is 1.64. The van der Waals surface area contributed by atoms with Gasteiger partial charge in [0.1, 0.15) is 17.9 Å². The number of nitrogens with one attached hydrogen (secondary N) is 2. The van der Waals surface area contributed by atoms with Gasteiger partial charge in [-0.25, -0.2) is 14.5 Å². The molecule has 0 aliphatic carbocycles. The molecular formula is C18H18F3N7O3. The highest BCUT2D eigenvalue weighted by Crippen LogP contribution is 2.39. The van der Waals surface area contributed by atoms with E-state index in [1.807, 2.05) is 4.90 Å². The number of rotatable bonds is 3. The molecule has 2 aliphatic rings. The van der Waals surface area contributed by atoms with Crippen LogP contribution in [-0.2, 0) is 7.05 Å². The molecule has 0 spiro atoms. The Hall–Kier alpha value is -3.64. The van der Waals surface area contributed by atoms with E-state index in [2.05, 4.69) is 15.4 Å². The lowest BCUT2D eigenvalue weighted by atomic mass is 10.1. The van der Waals surface area contributed by atoms with E-state index in [-0.39, 0.29) is 23.2 Å². The van der Waals surface area contributed by atoms with Crippen LogP contribution in [0.3, 0.4) is 0 Å². The molecular weight excluding hydrogens is 419 g/mol. The van der Waals surface area contributed by atoms with Crippen LogP contribution in [0.5, 0.6) is 0 Å². The van der Waals surface area contributed by atoms with E-state index in [4.69, 9.17) is 0 Å². The third-order valence-corrected chi connectivity index (χ3v) is 5.10. The normalized spacial score (nSPS) is 17.4. The van der Waals surface area contributed by atoms with Crippen molar-refractivity contribution >= 4 is 29.1 Å². The lowest BCUT2D eigenvalue weighted by Crippen LogP contribution is -2.49. The number of nitrogens with zero attached hydrogens (tertiary/aromatic N) is 5. The van der Waals surface area contributed by atoms with Gasteiger partial charge in [-0.2, -0.15) is 18.3 Å². The van der Waals surface area contributed by atoms with Crippen LogP contribution < -0.4 is 26.0 Å². The molecule has 4 rings (SSSR count). The van der Waals surface area contributed by atoms with Crippen molar-refractivity contribution in [3.8, 4) is 0 Å². The average Bonchev–Trinajstić information content (AvgIpc) is 3.13. The number of hydrogen-bond donors (Lipinski definition) is 2. The van der Waals surface area contributed by atoms with E-state index in [9.17, 15) is 27.6 Å². The highest BCUT2D eigenvalue weighted by atomic mass is 19.4. The minimum Gasteiger partial charge on any atom is -0.366 e. The van der Waals surface area contributed by atoms with Crippen molar-refractivity contribution in [3.63, 3.8) is 0 Å². The minimum absolute atomic E-state index is 0.0172. The van der Waals surface area contributed by atoms with Gasteiger partial charge in [0.15, 0.2) is 5.82 Å². The van der Waals surface area contributed by atoms with Crippen LogP contribution in [-0.4, -0.2) is 58.6 Å². The monoisotopic (exact) mass is 437 g/mol. The van der Waals surface area contributed by atoms with E-state index >= 15 is 0 Å². The third kappa shape index (κ3) is 4.02. The third-order valence-electron chi connectivity index (χ3n) is 5.10. The molecule has 10 nitrogen and oxygen atoms in total. The summed E-state index contributed by atoms with van der Waals surface area (Å²) < 4.78 is 38.3. The fourth-order valence-corrected chi connectivity index (χ4v) is 3.65. The van der Waals surface area contributed by atoms with Crippen molar-refractivity contribution in [2.24, 2.45) is 7.05 Å². The molecule has 1 unspecified atom stereocenters. The largest absolute Gasteiger partial charge is 0.405 e. The van der Waals surface area contributed by atoms with Crippen LogP contribution in [0.4, 0.5) is 35.2 Å².